The van der Waals surface area contributed by atoms with Gasteiger partial charge in [-0.3, -0.25) is 0 Å². The molecule has 0 aliphatic rings. The van der Waals surface area contributed by atoms with Gasteiger partial charge in [-0.1, -0.05) is 12.1 Å². The first kappa shape index (κ1) is 14.3. The minimum Gasteiger partial charge on any atom is -0.478 e. The smallest absolute Gasteiger partial charge is 0.373 e. The molecule has 2 nitrogen and oxygen atoms in total. The summed E-state index contributed by atoms with van der Waals surface area (Å²) >= 11 is 0. The van der Waals surface area contributed by atoms with Gasteiger partial charge in [-0.05, 0) is 12.1 Å². The molecule has 0 unspecified atom stereocenters. The van der Waals surface area contributed by atoms with Gasteiger partial charge in [0.25, 0.3) is 0 Å². The fourth-order valence-corrected chi connectivity index (χ4v) is 1.15. The van der Waals surface area contributed by atoms with E-state index in [1.54, 1.807) is 0 Å². The molecule has 0 fully saturated rings. The van der Waals surface area contributed by atoms with E-state index in [2.05, 4.69) is 0 Å². The normalized spacial score (nSPS) is 12.8. The molecule has 0 saturated heterocycles. The SMILES string of the molecule is O=C(O)c1ccc(C(F)(F)C(F)(F)C(F)F)cc1. The summed E-state index contributed by atoms with van der Waals surface area (Å²) in [5, 5.41) is 8.47. The zero-order chi connectivity index (χ0) is 14.1. The number of halogens is 6. The van der Waals surface area contributed by atoms with E-state index in [0.717, 1.165) is 0 Å². The van der Waals surface area contributed by atoms with Crippen LogP contribution in [0.4, 0.5) is 26.3 Å². The number of hydrogen-bond acceptors (Lipinski definition) is 1. The van der Waals surface area contributed by atoms with Gasteiger partial charge in [-0.25, -0.2) is 13.6 Å². The fourth-order valence-electron chi connectivity index (χ4n) is 1.15. The number of carboxylic acids is 1. The summed E-state index contributed by atoms with van der Waals surface area (Å²) in [5.41, 5.74) is -1.80. The molecule has 0 atom stereocenters. The van der Waals surface area contributed by atoms with Crippen LogP contribution in [0.1, 0.15) is 15.9 Å². The standard InChI is InChI=1S/C10H6F6O2/c11-8(12)10(15,16)9(13,14)6-3-1-5(2-4-6)7(17)18/h1-4,8H,(H,17,18). The number of carboxylic acid groups (broad SMARTS) is 1. The van der Waals surface area contributed by atoms with Crippen LogP contribution in [0.2, 0.25) is 0 Å². The van der Waals surface area contributed by atoms with E-state index in [1.165, 1.54) is 0 Å². The molecule has 18 heavy (non-hydrogen) atoms. The highest BCUT2D eigenvalue weighted by Gasteiger charge is 2.63. The van der Waals surface area contributed by atoms with Crippen LogP contribution < -0.4 is 0 Å². The van der Waals surface area contributed by atoms with Crippen molar-refractivity contribution < 1.29 is 36.2 Å². The van der Waals surface area contributed by atoms with Crippen molar-refractivity contribution in [1.29, 1.82) is 0 Å². The van der Waals surface area contributed by atoms with Crippen LogP contribution in [0.15, 0.2) is 24.3 Å². The average Bonchev–Trinajstić information content (AvgIpc) is 2.28. The third-order valence-electron chi connectivity index (χ3n) is 2.19. The van der Waals surface area contributed by atoms with Crippen molar-refractivity contribution in [3.63, 3.8) is 0 Å². The number of carbonyl (C=O) groups is 1. The topological polar surface area (TPSA) is 37.3 Å². The molecule has 0 amide bonds. The predicted molar refractivity (Wildman–Crippen MR) is 48.2 cm³/mol. The Morgan fingerprint density at radius 3 is 1.83 bits per heavy atom. The Labute approximate surface area is 96.8 Å². The molecule has 0 aromatic heterocycles. The summed E-state index contributed by atoms with van der Waals surface area (Å²) in [6, 6.07) is 2.01. The molecule has 100 valence electrons. The Hall–Kier alpha value is -1.73. The van der Waals surface area contributed by atoms with E-state index in [0.29, 0.717) is 24.3 Å². The second-order valence-corrected chi connectivity index (χ2v) is 3.38. The molecule has 0 aliphatic carbocycles. The number of benzene rings is 1. The molecule has 0 spiro atoms. The molecule has 1 N–H and O–H groups in total. The van der Waals surface area contributed by atoms with Gasteiger partial charge in [0.15, 0.2) is 0 Å². The molecule has 0 heterocycles. The number of alkyl halides is 6. The van der Waals surface area contributed by atoms with Crippen molar-refractivity contribution >= 4 is 5.97 Å². The Morgan fingerprint density at radius 1 is 1.06 bits per heavy atom. The molecule has 1 aromatic carbocycles. The van der Waals surface area contributed by atoms with Crippen molar-refractivity contribution in [3.05, 3.63) is 35.4 Å². The van der Waals surface area contributed by atoms with Crippen molar-refractivity contribution in [2.24, 2.45) is 0 Å². The lowest BCUT2D eigenvalue weighted by molar-refractivity contribution is -0.270. The highest BCUT2D eigenvalue weighted by atomic mass is 19.3. The van der Waals surface area contributed by atoms with Crippen molar-refractivity contribution in [3.8, 4) is 0 Å². The Balaban J connectivity index is 3.16. The molecular formula is C10H6F6O2. The maximum absolute atomic E-state index is 13.1. The quantitative estimate of drug-likeness (QED) is 0.853. The summed E-state index contributed by atoms with van der Waals surface area (Å²) in [4.78, 5) is 10.4. The second kappa shape index (κ2) is 4.51. The lowest BCUT2D eigenvalue weighted by Gasteiger charge is -2.26. The van der Waals surface area contributed by atoms with Gasteiger partial charge in [0, 0.05) is 5.56 Å². The Bertz CT molecular complexity index is 440. The molecule has 8 heteroatoms. The van der Waals surface area contributed by atoms with Crippen LogP contribution in [0.25, 0.3) is 0 Å². The first-order valence-electron chi connectivity index (χ1n) is 4.48. The lowest BCUT2D eigenvalue weighted by Crippen LogP contribution is -2.44. The molecule has 0 bridgehead atoms. The van der Waals surface area contributed by atoms with Gasteiger partial charge in [-0.2, -0.15) is 17.6 Å². The lowest BCUT2D eigenvalue weighted by atomic mass is 10.0. The molecule has 1 aromatic rings. The molecule has 1 rings (SSSR count). The summed E-state index contributed by atoms with van der Waals surface area (Å²) in [6.07, 6.45) is -4.54. The van der Waals surface area contributed by atoms with Gasteiger partial charge < -0.3 is 5.11 Å². The summed E-state index contributed by atoms with van der Waals surface area (Å²) in [5.74, 6) is -12.1. The van der Waals surface area contributed by atoms with Crippen molar-refractivity contribution in [1.82, 2.24) is 0 Å². The zero-order valence-corrected chi connectivity index (χ0v) is 8.51. The third-order valence-corrected chi connectivity index (χ3v) is 2.19. The third kappa shape index (κ3) is 2.27. The highest BCUT2D eigenvalue weighted by molar-refractivity contribution is 5.87. The number of aromatic carboxylic acids is 1. The minimum atomic E-state index is -5.53. The van der Waals surface area contributed by atoms with E-state index in [4.69, 9.17) is 5.11 Å². The van der Waals surface area contributed by atoms with Gasteiger partial charge >= 0.3 is 24.2 Å². The first-order chi connectivity index (χ1) is 8.10. The van der Waals surface area contributed by atoms with E-state index in [1.807, 2.05) is 0 Å². The van der Waals surface area contributed by atoms with Crippen LogP contribution >= 0.6 is 0 Å². The van der Waals surface area contributed by atoms with Gasteiger partial charge in [0.05, 0.1) is 5.56 Å². The van der Waals surface area contributed by atoms with Crippen LogP contribution in [0, 0.1) is 0 Å². The number of rotatable bonds is 4. The van der Waals surface area contributed by atoms with E-state index >= 15 is 0 Å². The summed E-state index contributed by atoms with van der Waals surface area (Å²) < 4.78 is 75.3. The van der Waals surface area contributed by atoms with Gasteiger partial charge in [0.2, 0.25) is 0 Å². The minimum absolute atomic E-state index is 0.375. The Kier molecular flexibility index (Phi) is 3.59. The average molecular weight is 272 g/mol. The second-order valence-electron chi connectivity index (χ2n) is 3.38. The number of hydrogen-bond donors (Lipinski definition) is 1. The molecule has 0 saturated carbocycles. The fraction of sp³-hybridized carbons (Fsp3) is 0.300. The van der Waals surface area contributed by atoms with Gasteiger partial charge in [-0.15, -0.1) is 0 Å². The summed E-state index contributed by atoms with van der Waals surface area (Å²) in [6.45, 7) is 0. The van der Waals surface area contributed by atoms with Crippen LogP contribution in [0.3, 0.4) is 0 Å². The van der Waals surface area contributed by atoms with Crippen LogP contribution in [-0.2, 0) is 5.92 Å². The summed E-state index contributed by atoms with van der Waals surface area (Å²) in [7, 11) is 0. The largest absolute Gasteiger partial charge is 0.478 e. The molecule has 0 aliphatic heterocycles. The highest BCUT2D eigenvalue weighted by Crippen LogP contribution is 2.46. The van der Waals surface area contributed by atoms with Crippen molar-refractivity contribution in [2.45, 2.75) is 18.3 Å². The van der Waals surface area contributed by atoms with E-state index < -0.39 is 35.4 Å². The molecule has 0 radical (unpaired) electrons. The maximum atomic E-state index is 13.1. The maximum Gasteiger partial charge on any atom is 0.373 e. The zero-order valence-electron chi connectivity index (χ0n) is 8.51. The monoisotopic (exact) mass is 272 g/mol. The van der Waals surface area contributed by atoms with Crippen LogP contribution in [-0.4, -0.2) is 23.4 Å². The van der Waals surface area contributed by atoms with Gasteiger partial charge in [0.1, 0.15) is 0 Å². The van der Waals surface area contributed by atoms with E-state index in [-0.39, 0.29) is 0 Å². The van der Waals surface area contributed by atoms with E-state index in [9.17, 15) is 31.1 Å². The van der Waals surface area contributed by atoms with Crippen molar-refractivity contribution in [2.75, 3.05) is 0 Å². The predicted octanol–water partition coefficient (Wildman–Crippen LogP) is 3.38. The molecular weight excluding hydrogens is 266 g/mol. The Morgan fingerprint density at radius 2 is 1.50 bits per heavy atom. The first-order valence-corrected chi connectivity index (χ1v) is 4.48. The van der Waals surface area contributed by atoms with Crippen LogP contribution in [0.5, 0.6) is 0 Å².